The van der Waals surface area contributed by atoms with Gasteiger partial charge in [0.1, 0.15) is 18.1 Å². The number of ether oxygens (including phenoxy) is 2. The number of amides is 1. The SMILES string of the molecule is C=CCOc1ccc(C2C(=C(O)c3ccc(C)cc3)C(=O)C(=O)N2Cc2ccco2)cc1OCC. The fourth-order valence-electron chi connectivity index (χ4n) is 4.06. The molecule has 1 aromatic heterocycles. The van der Waals surface area contributed by atoms with Gasteiger partial charge in [-0.15, -0.1) is 0 Å². The van der Waals surface area contributed by atoms with Crippen molar-refractivity contribution in [3.05, 3.63) is 102 Å². The second-order valence-electron chi connectivity index (χ2n) is 8.11. The largest absolute Gasteiger partial charge is 0.507 e. The summed E-state index contributed by atoms with van der Waals surface area (Å²) in [5, 5.41) is 11.2. The number of rotatable bonds is 9. The average molecular weight is 474 g/mol. The molecule has 7 nitrogen and oxygen atoms in total. The van der Waals surface area contributed by atoms with Crippen molar-refractivity contribution in [2.45, 2.75) is 26.4 Å². The molecule has 1 atom stereocenters. The van der Waals surface area contributed by atoms with Gasteiger partial charge in [0.15, 0.2) is 11.5 Å². The first-order valence-corrected chi connectivity index (χ1v) is 11.3. The summed E-state index contributed by atoms with van der Waals surface area (Å²) in [4.78, 5) is 27.8. The fraction of sp³-hybridized carbons (Fsp3) is 0.214. The van der Waals surface area contributed by atoms with Gasteiger partial charge in [-0.1, -0.05) is 48.6 Å². The summed E-state index contributed by atoms with van der Waals surface area (Å²) in [6, 6.07) is 14.9. The third kappa shape index (κ3) is 4.84. The van der Waals surface area contributed by atoms with Crippen LogP contribution in [0.1, 0.15) is 35.4 Å². The van der Waals surface area contributed by atoms with E-state index in [2.05, 4.69) is 6.58 Å². The summed E-state index contributed by atoms with van der Waals surface area (Å²) in [5.74, 6) is -0.221. The Kier molecular flexibility index (Phi) is 7.06. The zero-order chi connectivity index (χ0) is 24.9. The lowest BCUT2D eigenvalue weighted by Gasteiger charge is -2.25. The van der Waals surface area contributed by atoms with Crippen molar-refractivity contribution in [1.29, 1.82) is 0 Å². The zero-order valence-corrected chi connectivity index (χ0v) is 19.7. The van der Waals surface area contributed by atoms with Crippen LogP contribution in [0.4, 0.5) is 0 Å². The van der Waals surface area contributed by atoms with Crippen molar-refractivity contribution >= 4 is 17.4 Å². The zero-order valence-electron chi connectivity index (χ0n) is 19.7. The molecule has 0 aliphatic carbocycles. The maximum Gasteiger partial charge on any atom is 0.296 e. The number of Topliss-reactive ketones (excluding diaryl/α,β-unsaturated/α-hetero) is 1. The summed E-state index contributed by atoms with van der Waals surface area (Å²) in [5.41, 5.74) is 2.06. The van der Waals surface area contributed by atoms with Crippen LogP contribution in [0.15, 0.2) is 83.5 Å². The van der Waals surface area contributed by atoms with Crippen LogP contribution in [0.2, 0.25) is 0 Å². The predicted molar refractivity (Wildman–Crippen MR) is 131 cm³/mol. The van der Waals surface area contributed by atoms with Gasteiger partial charge >= 0.3 is 0 Å². The predicted octanol–water partition coefficient (Wildman–Crippen LogP) is 5.17. The number of aliphatic hydroxyl groups excluding tert-OH is 1. The van der Waals surface area contributed by atoms with Crippen molar-refractivity contribution < 1.29 is 28.6 Å². The summed E-state index contributed by atoms with van der Waals surface area (Å²) in [6.07, 6.45) is 3.13. The Labute approximate surface area is 203 Å². The first-order valence-electron chi connectivity index (χ1n) is 11.3. The molecule has 0 radical (unpaired) electrons. The molecule has 1 aliphatic rings. The Bertz CT molecular complexity index is 1260. The van der Waals surface area contributed by atoms with E-state index >= 15 is 0 Å². The number of aryl methyl sites for hydroxylation is 1. The summed E-state index contributed by atoms with van der Waals surface area (Å²) < 4.78 is 16.9. The van der Waals surface area contributed by atoms with Crippen molar-refractivity contribution in [1.82, 2.24) is 4.90 Å². The van der Waals surface area contributed by atoms with Crippen molar-refractivity contribution in [2.24, 2.45) is 0 Å². The minimum absolute atomic E-state index is 0.00705. The molecular formula is C28H27NO6. The molecule has 2 aromatic carbocycles. The van der Waals surface area contributed by atoms with Gasteiger partial charge in [0.25, 0.3) is 11.7 Å². The highest BCUT2D eigenvalue weighted by Gasteiger charge is 2.46. The number of aliphatic hydroxyl groups is 1. The molecule has 1 fully saturated rings. The number of ketones is 1. The van der Waals surface area contributed by atoms with E-state index in [1.54, 1.807) is 48.5 Å². The molecule has 1 aliphatic heterocycles. The first kappa shape index (κ1) is 23.9. The Morgan fingerprint density at radius 2 is 1.89 bits per heavy atom. The Hall–Kier alpha value is -4.26. The number of hydrogen-bond acceptors (Lipinski definition) is 6. The fourth-order valence-corrected chi connectivity index (χ4v) is 4.06. The molecular weight excluding hydrogens is 446 g/mol. The summed E-state index contributed by atoms with van der Waals surface area (Å²) in [7, 11) is 0. The Morgan fingerprint density at radius 1 is 1.11 bits per heavy atom. The molecule has 3 aromatic rings. The van der Waals surface area contributed by atoms with Gasteiger partial charge in [0.2, 0.25) is 0 Å². The third-order valence-corrected chi connectivity index (χ3v) is 5.71. The average Bonchev–Trinajstić information content (AvgIpc) is 3.46. The number of hydrogen-bond donors (Lipinski definition) is 1. The van der Waals surface area contributed by atoms with Crippen LogP contribution in [0.25, 0.3) is 5.76 Å². The smallest absolute Gasteiger partial charge is 0.296 e. The van der Waals surface area contributed by atoms with Crippen molar-refractivity contribution in [3.63, 3.8) is 0 Å². The second-order valence-corrected chi connectivity index (χ2v) is 8.11. The lowest BCUT2D eigenvalue weighted by Crippen LogP contribution is -2.29. The van der Waals surface area contributed by atoms with E-state index < -0.39 is 17.7 Å². The highest BCUT2D eigenvalue weighted by Crippen LogP contribution is 2.42. The number of benzene rings is 2. The van der Waals surface area contributed by atoms with Crippen LogP contribution >= 0.6 is 0 Å². The van der Waals surface area contributed by atoms with Crippen LogP contribution in [0.3, 0.4) is 0 Å². The normalized spacial score (nSPS) is 17.0. The van der Waals surface area contributed by atoms with E-state index in [0.717, 1.165) is 5.56 Å². The van der Waals surface area contributed by atoms with E-state index in [1.165, 1.54) is 11.2 Å². The van der Waals surface area contributed by atoms with Crippen LogP contribution in [0.5, 0.6) is 11.5 Å². The molecule has 0 bridgehead atoms. The van der Waals surface area contributed by atoms with E-state index in [4.69, 9.17) is 13.9 Å². The molecule has 1 amide bonds. The molecule has 0 spiro atoms. The van der Waals surface area contributed by atoms with Crippen molar-refractivity contribution in [3.8, 4) is 11.5 Å². The monoisotopic (exact) mass is 473 g/mol. The van der Waals surface area contributed by atoms with Gasteiger partial charge in [-0.25, -0.2) is 0 Å². The number of nitrogens with zero attached hydrogens (tertiary/aromatic N) is 1. The molecule has 1 unspecified atom stereocenters. The molecule has 7 heteroatoms. The lowest BCUT2D eigenvalue weighted by atomic mass is 9.94. The minimum atomic E-state index is -0.853. The van der Waals surface area contributed by atoms with Crippen LogP contribution in [0, 0.1) is 6.92 Å². The minimum Gasteiger partial charge on any atom is -0.507 e. The molecule has 4 rings (SSSR count). The van der Waals surface area contributed by atoms with Crippen LogP contribution in [-0.2, 0) is 16.1 Å². The van der Waals surface area contributed by atoms with E-state index in [0.29, 0.717) is 41.6 Å². The quantitative estimate of drug-likeness (QED) is 0.200. The second kappa shape index (κ2) is 10.3. The lowest BCUT2D eigenvalue weighted by molar-refractivity contribution is -0.140. The maximum absolute atomic E-state index is 13.2. The molecule has 2 heterocycles. The van der Waals surface area contributed by atoms with E-state index in [9.17, 15) is 14.7 Å². The van der Waals surface area contributed by atoms with E-state index in [-0.39, 0.29) is 17.9 Å². The summed E-state index contributed by atoms with van der Waals surface area (Å²) >= 11 is 0. The van der Waals surface area contributed by atoms with Gasteiger partial charge in [-0.3, -0.25) is 9.59 Å². The Balaban J connectivity index is 1.86. The standard InChI is InChI=1S/C28H27NO6/c1-4-14-35-22-13-12-20(16-23(22)33-5-2)25-24(26(30)19-10-8-18(3)9-11-19)27(31)28(32)29(25)17-21-7-6-15-34-21/h4,6-13,15-16,25,30H,1,5,14,17H2,2-3H3. The number of furan rings is 1. The van der Waals surface area contributed by atoms with Gasteiger partial charge in [0.05, 0.1) is 31.0 Å². The van der Waals surface area contributed by atoms with Gasteiger partial charge < -0.3 is 23.9 Å². The molecule has 0 saturated carbocycles. The molecule has 1 saturated heterocycles. The third-order valence-electron chi connectivity index (χ3n) is 5.71. The highest BCUT2D eigenvalue weighted by atomic mass is 16.5. The summed E-state index contributed by atoms with van der Waals surface area (Å²) in [6.45, 7) is 8.20. The van der Waals surface area contributed by atoms with Gasteiger partial charge in [-0.05, 0) is 43.7 Å². The Morgan fingerprint density at radius 3 is 2.54 bits per heavy atom. The molecule has 180 valence electrons. The number of carbonyl (C=O) groups is 2. The van der Waals surface area contributed by atoms with E-state index in [1.807, 2.05) is 26.0 Å². The molecule has 35 heavy (non-hydrogen) atoms. The first-order chi connectivity index (χ1) is 16.9. The maximum atomic E-state index is 13.2. The number of likely N-dealkylation sites (tertiary alicyclic amines) is 1. The number of carbonyl (C=O) groups excluding carboxylic acids is 2. The molecule has 1 N–H and O–H groups in total. The van der Waals surface area contributed by atoms with Crippen LogP contribution < -0.4 is 9.47 Å². The highest BCUT2D eigenvalue weighted by molar-refractivity contribution is 6.46. The van der Waals surface area contributed by atoms with Crippen LogP contribution in [-0.4, -0.2) is 34.9 Å². The van der Waals surface area contributed by atoms with Gasteiger partial charge in [0, 0.05) is 5.56 Å². The van der Waals surface area contributed by atoms with Crippen molar-refractivity contribution in [2.75, 3.05) is 13.2 Å². The topological polar surface area (TPSA) is 89.2 Å². The van der Waals surface area contributed by atoms with Gasteiger partial charge in [-0.2, -0.15) is 0 Å².